The van der Waals surface area contributed by atoms with Crippen LogP contribution in [-0.2, 0) is 4.74 Å². The van der Waals surface area contributed by atoms with E-state index in [2.05, 4.69) is 17.1 Å². The molecule has 1 saturated heterocycles. The van der Waals surface area contributed by atoms with E-state index in [9.17, 15) is 0 Å². The molecule has 96 valence electrons. The molecule has 1 N–H and O–H groups in total. The van der Waals surface area contributed by atoms with Gasteiger partial charge in [-0.2, -0.15) is 0 Å². The second-order valence-electron chi connectivity index (χ2n) is 4.92. The number of hydrogen-bond donors (Lipinski definition) is 1. The lowest BCUT2D eigenvalue weighted by Crippen LogP contribution is -2.33. The number of rotatable bonds is 7. The largest absolute Gasteiger partial charge is 0.383 e. The van der Waals surface area contributed by atoms with Gasteiger partial charge in [-0.3, -0.25) is 0 Å². The number of methoxy groups -OCH3 is 1. The van der Waals surface area contributed by atoms with Crippen LogP contribution in [0.5, 0.6) is 0 Å². The van der Waals surface area contributed by atoms with Gasteiger partial charge in [0.05, 0.1) is 6.61 Å². The van der Waals surface area contributed by atoms with Crippen LogP contribution in [0, 0.1) is 0 Å². The summed E-state index contributed by atoms with van der Waals surface area (Å²) in [7, 11) is 1.76. The van der Waals surface area contributed by atoms with Crippen LogP contribution in [-0.4, -0.2) is 50.8 Å². The molecule has 1 rings (SSSR count). The van der Waals surface area contributed by atoms with Gasteiger partial charge >= 0.3 is 0 Å². The van der Waals surface area contributed by atoms with Crippen molar-refractivity contribution in [1.29, 1.82) is 0 Å². The summed E-state index contributed by atoms with van der Waals surface area (Å²) in [5.74, 6) is 0. The van der Waals surface area contributed by atoms with Crippen molar-refractivity contribution in [2.24, 2.45) is 0 Å². The van der Waals surface area contributed by atoms with Crippen LogP contribution in [0.3, 0.4) is 0 Å². The Kier molecular flexibility index (Phi) is 7.81. The Labute approximate surface area is 101 Å². The Balaban J connectivity index is 1.97. The zero-order valence-electron chi connectivity index (χ0n) is 11.0. The van der Waals surface area contributed by atoms with E-state index in [1.807, 2.05) is 0 Å². The highest BCUT2D eigenvalue weighted by atomic mass is 16.5. The predicted octanol–water partition coefficient (Wildman–Crippen LogP) is 1.88. The minimum absolute atomic E-state index is 0.481. The molecule has 1 heterocycles. The van der Waals surface area contributed by atoms with Gasteiger partial charge in [0.1, 0.15) is 0 Å². The molecular formula is C13H28N2O. The van der Waals surface area contributed by atoms with Crippen molar-refractivity contribution in [3.8, 4) is 0 Å². The van der Waals surface area contributed by atoms with E-state index in [1.165, 1.54) is 51.7 Å². The lowest BCUT2D eigenvalue weighted by molar-refractivity contribution is 0.171. The monoisotopic (exact) mass is 228 g/mol. The summed E-state index contributed by atoms with van der Waals surface area (Å²) in [6.07, 6.45) is 6.91. The van der Waals surface area contributed by atoms with Crippen LogP contribution >= 0.6 is 0 Å². The van der Waals surface area contributed by atoms with Gasteiger partial charge in [-0.15, -0.1) is 0 Å². The molecule has 0 bridgehead atoms. The normalized spacial score (nSPS) is 20.6. The molecule has 1 aliphatic rings. The van der Waals surface area contributed by atoms with Crippen molar-refractivity contribution in [3.63, 3.8) is 0 Å². The second-order valence-corrected chi connectivity index (χ2v) is 4.92. The fraction of sp³-hybridized carbons (Fsp3) is 1.00. The molecule has 1 atom stereocenters. The lowest BCUT2D eigenvalue weighted by atomic mass is 10.2. The third-order valence-electron chi connectivity index (χ3n) is 3.26. The van der Waals surface area contributed by atoms with Crippen molar-refractivity contribution in [1.82, 2.24) is 10.2 Å². The van der Waals surface area contributed by atoms with Crippen molar-refractivity contribution in [2.75, 3.05) is 39.9 Å². The van der Waals surface area contributed by atoms with Crippen molar-refractivity contribution < 1.29 is 4.74 Å². The molecule has 1 unspecified atom stereocenters. The van der Waals surface area contributed by atoms with Gasteiger partial charge in [0.25, 0.3) is 0 Å². The van der Waals surface area contributed by atoms with Gasteiger partial charge in [0, 0.05) is 13.2 Å². The molecule has 0 aromatic carbocycles. The molecule has 0 spiro atoms. The molecule has 1 aliphatic heterocycles. The molecule has 0 amide bonds. The zero-order valence-corrected chi connectivity index (χ0v) is 11.0. The number of nitrogens with zero attached hydrogens (tertiary/aromatic N) is 1. The molecule has 0 aromatic rings. The maximum absolute atomic E-state index is 5.09. The fourth-order valence-corrected chi connectivity index (χ4v) is 2.32. The average molecular weight is 228 g/mol. The van der Waals surface area contributed by atoms with E-state index >= 15 is 0 Å². The third kappa shape index (κ3) is 6.46. The van der Waals surface area contributed by atoms with Crippen molar-refractivity contribution >= 4 is 0 Å². The Morgan fingerprint density at radius 1 is 1.19 bits per heavy atom. The maximum Gasteiger partial charge on any atom is 0.0613 e. The van der Waals surface area contributed by atoms with E-state index in [1.54, 1.807) is 7.11 Å². The SMILES string of the molecule is COCC(C)NCCCN1CCCCCC1. The standard InChI is InChI=1S/C13H28N2O/c1-13(12-16-2)14-8-7-11-15-9-5-3-4-6-10-15/h13-14H,3-12H2,1-2H3. The highest BCUT2D eigenvalue weighted by Crippen LogP contribution is 2.09. The minimum Gasteiger partial charge on any atom is -0.383 e. The van der Waals surface area contributed by atoms with Gasteiger partial charge in [0.15, 0.2) is 0 Å². The molecular weight excluding hydrogens is 200 g/mol. The van der Waals surface area contributed by atoms with Crippen LogP contribution < -0.4 is 5.32 Å². The van der Waals surface area contributed by atoms with E-state index in [4.69, 9.17) is 4.74 Å². The smallest absolute Gasteiger partial charge is 0.0613 e. The molecule has 0 aromatic heterocycles. The topological polar surface area (TPSA) is 24.5 Å². The Bertz CT molecular complexity index is 156. The van der Waals surface area contributed by atoms with Gasteiger partial charge < -0.3 is 15.0 Å². The summed E-state index contributed by atoms with van der Waals surface area (Å²) in [5.41, 5.74) is 0. The van der Waals surface area contributed by atoms with Gasteiger partial charge in [-0.25, -0.2) is 0 Å². The third-order valence-corrected chi connectivity index (χ3v) is 3.26. The zero-order chi connectivity index (χ0) is 11.6. The molecule has 0 aliphatic carbocycles. The van der Waals surface area contributed by atoms with Crippen molar-refractivity contribution in [2.45, 2.75) is 45.1 Å². The number of hydrogen-bond acceptors (Lipinski definition) is 3. The first-order chi connectivity index (χ1) is 7.83. The number of nitrogens with one attached hydrogen (secondary N) is 1. The molecule has 0 radical (unpaired) electrons. The Morgan fingerprint density at radius 2 is 1.88 bits per heavy atom. The maximum atomic E-state index is 5.09. The summed E-state index contributed by atoms with van der Waals surface area (Å²) in [6.45, 7) is 7.98. The summed E-state index contributed by atoms with van der Waals surface area (Å²) in [6, 6.07) is 0.481. The number of likely N-dealkylation sites (tertiary alicyclic amines) is 1. The molecule has 0 saturated carbocycles. The van der Waals surface area contributed by atoms with Crippen molar-refractivity contribution in [3.05, 3.63) is 0 Å². The molecule has 3 nitrogen and oxygen atoms in total. The van der Waals surface area contributed by atoms with E-state index < -0.39 is 0 Å². The molecule has 16 heavy (non-hydrogen) atoms. The summed E-state index contributed by atoms with van der Waals surface area (Å²) >= 11 is 0. The Hall–Kier alpha value is -0.120. The van der Waals surface area contributed by atoms with E-state index in [-0.39, 0.29) is 0 Å². The van der Waals surface area contributed by atoms with E-state index in [0.717, 1.165) is 13.2 Å². The fourth-order valence-electron chi connectivity index (χ4n) is 2.32. The van der Waals surface area contributed by atoms with Gasteiger partial charge in [-0.05, 0) is 52.4 Å². The second kappa shape index (κ2) is 8.97. The highest BCUT2D eigenvalue weighted by molar-refractivity contribution is 4.65. The van der Waals surface area contributed by atoms with Gasteiger partial charge in [0.2, 0.25) is 0 Å². The first-order valence-electron chi connectivity index (χ1n) is 6.77. The quantitative estimate of drug-likeness (QED) is 0.673. The minimum atomic E-state index is 0.481. The highest BCUT2D eigenvalue weighted by Gasteiger charge is 2.08. The van der Waals surface area contributed by atoms with E-state index in [0.29, 0.717) is 6.04 Å². The van der Waals surface area contributed by atoms with Gasteiger partial charge in [-0.1, -0.05) is 12.8 Å². The van der Waals surface area contributed by atoms with Crippen LogP contribution in [0.4, 0.5) is 0 Å². The molecule has 3 heteroatoms. The predicted molar refractivity (Wildman–Crippen MR) is 68.9 cm³/mol. The van der Waals surface area contributed by atoms with Crippen LogP contribution in [0.15, 0.2) is 0 Å². The Morgan fingerprint density at radius 3 is 2.50 bits per heavy atom. The number of ether oxygens (including phenoxy) is 1. The first kappa shape index (κ1) is 13.9. The first-order valence-corrected chi connectivity index (χ1v) is 6.77. The average Bonchev–Trinajstić information content (AvgIpc) is 2.53. The van der Waals surface area contributed by atoms with Crippen LogP contribution in [0.25, 0.3) is 0 Å². The summed E-state index contributed by atoms with van der Waals surface area (Å²) in [5, 5.41) is 3.49. The van der Waals surface area contributed by atoms with Crippen LogP contribution in [0.1, 0.15) is 39.0 Å². The summed E-state index contributed by atoms with van der Waals surface area (Å²) in [4.78, 5) is 2.62. The lowest BCUT2D eigenvalue weighted by Gasteiger charge is -2.20. The van der Waals surface area contributed by atoms with Crippen LogP contribution in [0.2, 0.25) is 0 Å². The summed E-state index contributed by atoms with van der Waals surface area (Å²) < 4.78 is 5.09. The molecule has 1 fully saturated rings.